The molecule has 11 heavy (non-hydrogen) atoms. The minimum Gasteiger partial charge on any atom is -0.0956 e. The van der Waals surface area contributed by atoms with Gasteiger partial charge in [-0.25, -0.2) is 0 Å². The molecule has 0 nitrogen and oxygen atoms in total. The van der Waals surface area contributed by atoms with E-state index in [0.29, 0.717) is 5.92 Å². The molecule has 0 aromatic rings. The summed E-state index contributed by atoms with van der Waals surface area (Å²) < 4.78 is 0. The Labute approximate surface area is 70.3 Å². The van der Waals surface area contributed by atoms with Gasteiger partial charge in [0.2, 0.25) is 0 Å². The topological polar surface area (TPSA) is 0 Å². The van der Waals surface area contributed by atoms with Gasteiger partial charge in [-0.3, -0.25) is 0 Å². The van der Waals surface area contributed by atoms with Crippen molar-refractivity contribution in [2.45, 2.75) is 27.2 Å². The summed E-state index contributed by atoms with van der Waals surface area (Å²) >= 11 is 0. The third-order valence-electron chi connectivity index (χ3n) is 1.86. The predicted molar refractivity (Wildman–Crippen MR) is 52.5 cm³/mol. The molecule has 0 rings (SSSR count). The van der Waals surface area contributed by atoms with E-state index < -0.39 is 0 Å². The zero-order valence-corrected chi connectivity index (χ0v) is 7.80. The second-order valence-corrected chi connectivity index (χ2v) is 2.77. The van der Waals surface area contributed by atoms with Gasteiger partial charge in [0, 0.05) is 0 Å². The summed E-state index contributed by atoms with van der Waals surface area (Å²) in [5.74, 6) is 0.608. The molecule has 0 aliphatic rings. The maximum atomic E-state index is 3.98. The lowest BCUT2D eigenvalue weighted by atomic mass is 10.00. The Morgan fingerprint density at radius 1 is 1.45 bits per heavy atom. The number of rotatable bonds is 4. The Morgan fingerprint density at radius 2 is 2.09 bits per heavy atom. The lowest BCUT2D eigenvalue weighted by Gasteiger charge is -2.06. The SMILES string of the molecule is C=C(C=CC=CC)C(C)CC. The van der Waals surface area contributed by atoms with Gasteiger partial charge in [-0.05, 0) is 19.3 Å². The molecule has 0 amide bonds. The summed E-state index contributed by atoms with van der Waals surface area (Å²) in [6, 6.07) is 0. The van der Waals surface area contributed by atoms with Crippen LogP contribution in [0.15, 0.2) is 36.5 Å². The molecule has 1 unspecified atom stereocenters. The van der Waals surface area contributed by atoms with Crippen LogP contribution in [0.1, 0.15) is 27.2 Å². The molecule has 0 fully saturated rings. The molecule has 1 atom stereocenters. The standard InChI is InChI=1S/C11H18/c1-5-7-8-9-11(4)10(3)6-2/h5,7-10H,4,6H2,1-3H3. The third kappa shape index (κ3) is 4.60. The highest BCUT2D eigenvalue weighted by Gasteiger charge is 1.97. The summed E-state index contributed by atoms with van der Waals surface area (Å²) in [5, 5.41) is 0. The first-order valence-corrected chi connectivity index (χ1v) is 4.20. The Hall–Kier alpha value is -0.780. The van der Waals surface area contributed by atoms with Gasteiger partial charge in [-0.15, -0.1) is 0 Å². The molecule has 0 heterocycles. The summed E-state index contributed by atoms with van der Waals surface area (Å²) in [5.41, 5.74) is 1.21. The number of allylic oxidation sites excluding steroid dienone is 5. The van der Waals surface area contributed by atoms with Gasteiger partial charge in [0.05, 0.1) is 0 Å². The molecular formula is C11H18. The summed E-state index contributed by atoms with van der Waals surface area (Å²) in [7, 11) is 0. The van der Waals surface area contributed by atoms with Gasteiger partial charge < -0.3 is 0 Å². The van der Waals surface area contributed by atoms with E-state index in [1.54, 1.807) is 0 Å². The highest BCUT2D eigenvalue weighted by Crippen LogP contribution is 2.12. The van der Waals surface area contributed by atoms with Gasteiger partial charge in [0.25, 0.3) is 0 Å². The Kier molecular flexibility index (Phi) is 5.54. The zero-order chi connectivity index (χ0) is 8.69. The molecular weight excluding hydrogens is 132 g/mol. The first-order chi connectivity index (χ1) is 5.22. The van der Waals surface area contributed by atoms with Crippen LogP contribution in [0, 0.1) is 5.92 Å². The predicted octanol–water partition coefficient (Wildman–Crippen LogP) is 3.72. The van der Waals surface area contributed by atoms with Crippen LogP contribution >= 0.6 is 0 Å². The molecule has 0 aliphatic heterocycles. The van der Waals surface area contributed by atoms with Crippen molar-refractivity contribution in [3.8, 4) is 0 Å². The van der Waals surface area contributed by atoms with Crippen molar-refractivity contribution in [2.24, 2.45) is 5.92 Å². The minimum absolute atomic E-state index is 0.608. The van der Waals surface area contributed by atoms with Crippen LogP contribution in [0.5, 0.6) is 0 Å². The largest absolute Gasteiger partial charge is 0.0956 e. The summed E-state index contributed by atoms with van der Waals surface area (Å²) in [4.78, 5) is 0. The monoisotopic (exact) mass is 150 g/mol. The first-order valence-electron chi connectivity index (χ1n) is 4.20. The van der Waals surface area contributed by atoms with E-state index in [0.717, 1.165) is 0 Å². The average molecular weight is 150 g/mol. The van der Waals surface area contributed by atoms with Crippen molar-refractivity contribution < 1.29 is 0 Å². The van der Waals surface area contributed by atoms with E-state index in [-0.39, 0.29) is 0 Å². The lowest BCUT2D eigenvalue weighted by molar-refractivity contribution is 0.673. The molecule has 0 aliphatic carbocycles. The summed E-state index contributed by atoms with van der Waals surface area (Å²) in [6.45, 7) is 10.4. The van der Waals surface area contributed by atoms with E-state index in [1.165, 1.54) is 12.0 Å². The van der Waals surface area contributed by atoms with Crippen molar-refractivity contribution in [1.82, 2.24) is 0 Å². The molecule has 0 spiro atoms. The Morgan fingerprint density at radius 3 is 2.55 bits per heavy atom. The van der Waals surface area contributed by atoms with Crippen LogP contribution in [-0.2, 0) is 0 Å². The fourth-order valence-electron chi connectivity index (χ4n) is 0.717. The van der Waals surface area contributed by atoms with Gasteiger partial charge in [0.15, 0.2) is 0 Å². The van der Waals surface area contributed by atoms with E-state index in [2.05, 4.69) is 26.5 Å². The summed E-state index contributed by atoms with van der Waals surface area (Å²) in [6.07, 6.45) is 9.32. The normalized spacial score (nSPS) is 14.5. The van der Waals surface area contributed by atoms with Crippen LogP contribution in [0.25, 0.3) is 0 Å². The van der Waals surface area contributed by atoms with Gasteiger partial charge in [-0.1, -0.05) is 50.3 Å². The van der Waals surface area contributed by atoms with E-state index in [1.807, 2.05) is 25.2 Å². The molecule has 0 N–H and O–H groups in total. The average Bonchev–Trinajstić information content (AvgIpc) is 2.03. The molecule has 0 aromatic carbocycles. The van der Waals surface area contributed by atoms with Crippen LogP contribution in [-0.4, -0.2) is 0 Å². The maximum Gasteiger partial charge on any atom is -0.0199 e. The highest BCUT2D eigenvalue weighted by atomic mass is 14.0. The van der Waals surface area contributed by atoms with E-state index in [9.17, 15) is 0 Å². The second kappa shape index (κ2) is 5.96. The van der Waals surface area contributed by atoms with E-state index >= 15 is 0 Å². The Balaban J connectivity index is 3.86. The van der Waals surface area contributed by atoms with Gasteiger partial charge >= 0.3 is 0 Å². The fourth-order valence-corrected chi connectivity index (χ4v) is 0.717. The van der Waals surface area contributed by atoms with Crippen molar-refractivity contribution in [3.63, 3.8) is 0 Å². The number of hydrogen-bond acceptors (Lipinski definition) is 0. The van der Waals surface area contributed by atoms with Crippen molar-refractivity contribution in [3.05, 3.63) is 36.5 Å². The zero-order valence-electron chi connectivity index (χ0n) is 7.80. The van der Waals surface area contributed by atoms with Crippen molar-refractivity contribution in [2.75, 3.05) is 0 Å². The highest BCUT2D eigenvalue weighted by molar-refractivity contribution is 5.20. The molecule has 62 valence electrons. The van der Waals surface area contributed by atoms with Crippen LogP contribution in [0.4, 0.5) is 0 Å². The van der Waals surface area contributed by atoms with Crippen molar-refractivity contribution in [1.29, 1.82) is 0 Å². The lowest BCUT2D eigenvalue weighted by Crippen LogP contribution is -1.92. The molecule has 0 bridgehead atoms. The van der Waals surface area contributed by atoms with E-state index in [4.69, 9.17) is 0 Å². The molecule has 0 radical (unpaired) electrons. The molecule has 0 aromatic heterocycles. The number of hydrogen-bond donors (Lipinski definition) is 0. The molecule has 0 heteroatoms. The van der Waals surface area contributed by atoms with Crippen molar-refractivity contribution >= 4 is 0 Å². The minimum atomic E-state index is 0.608. The van der Waals surface area contributed by atoms with Gasteiger partial charge in [-0.2, -0.15) is 0 Å². The molecule has 0 saturated carbocycles. The fraction of sp³-hybridized carbons (Fsp3) is 0.455. The Bertz CT molecular complexity index is 161. The first kappa shape index (κ1) is 10.2. The van der Waals surface area contributed by atoms with Crippen LogP contribution in [0.2, 0.25) is 0 Å². The quantitative estimate of drug-likeness (QED) is 0.536. The molecule has 0 saturated heterocycles. The third-order valence-corrected chi connectivity index (χ3v) is 1.86. The smallest absolute Gasteiger partial charge is 0.0199 e. The van der Waals surface area contributed by atoms with Crippen LogP contribution < -0.4 is 0 Å². The second-order valence-electron chi connectivity index (χ2n) is 2.77. The van der Waals surface area contributed by atoms with Crippen LogP contribution in [0.3, 0.4) is 0 Å². The van der Waals surface area contributed by atoms with Gasteiger partial charge in [0.1, 0.15) is 0 Å². The maximum absolute atomic E-state index is 3.98.